The van der Waals surface area contributed by atoms with Crippen LogP contribution in [0, 0.1) is 6.92 Å². The van der Waals surface area contributed by atoms with Crippen LogP contribution >= 0.6 is 0 Å². The van der Waals surface area contributed by atoms with Crippen molar-refractivity contribution in [3.05, 3.63) is 23.8 Å². The van der Waals surface area contributed by atoms with Gasteiger partial charge in [-0.05, 0) is 13.0 Å². The molecule has 0 aliphatic rings. The van der Waals surface area contributed by atoms with Crippen LogP contribution in [0.3, 0.4) is 0 Å². The number of rotatable bonds is 1. The zero-order valence-electron chi connectivity index (χ0n) is 6.14. The van der Waals surface area contributed by atoms with Crippen molar-refractivity contribution in [3.63, 3.8) is 0 Å². The van der Waals surface area contributed by atoms with Crippen LogP contribution in [0.4, 0.5) is 5.69 Å². The Hall–Kier alpha value is -0.760. The lowest BCUT2D eigenvalue weighted by atomic mass is 10.2. The van der Waals surface area contributed by atoms with Gasteiger partial charge in [-0.1, -0.05) is 17.7 Å². The molecule has 2 heteroatoms. The quantitative estimate of drug-likeness (QED) is 0.617. The number of anilines is 1. The Balaban J connectivity index is 3.07. The molecule has 0 heterocycles. The van der Waals surface area contributed by atoms with Crippen molar-refractivity contribution in [3.8, 4) is 0 Å². The molecule has 0 fully saturated rings. The summed E-state index contributed by atoms with van der Waals surface area (Å²) in [4.78, 5) is 0.891. The summed E-state index contributed by atoms with van der Waals surface area (Å²) in [7, 11) is 1.88. The van der Waals surface area contributed by atoms with Gasteiger partial charge >= 0.3 is 0 Å². The van der Waals surface area contributed by atoms with Crippen molar-refractivity contribution in [2.45, 2.75) is 11.8 Å². The molecule has 0 aliphatic carbocycles. The van der Waals surface area contributed by atoms with Crippen LogP contribution in [0.1, 0.15) is 5.56 Å². The Kier molecular flexibility index (Phi) is 2.12. The summed E-state index contributed by atoms with van der Waals surface area (Å²) in [6.07, 6.45) is 0. The number of benzene rings is 1. The maximum absolute atomic E-state index is 5.08. The first kappa shape index (κ1) is 7.35. The zero-order chi connectivity index (χ0) is 7.56. The second-order valence-electron chi connectivity index (χ2n) is 2.25. The maximum Gasteiger partial charge on any atom is 0.0143 e. The molecule has 0 saturated carbocycles. The summed E-state index contributed by atoms with van der Waals surface area (Å²) in [5, 5.41) is 3.02. The Bertz CT molecular complexity index is 233. The molecule has 1 rings (SSSR count). The largest absolute Gasteiger partial charge is 0.778 e. The van der Waals surface area contributed by atoms with Gasteiger partial charge in [0, 0.05) is 12.7 Å². The van der Waals surface area contributed by atoms with Crippen LogP contribution in [-0.4, -0.2) is 7.05 Å². The van der Waals surface area contributed by atoms with E-state index in [0.29, 0.717) is 0 Å². The van der Waals surface area contributed by atoms with E-state index >= 15 is 0 Å². The summed E-state index contributed by atoms with van der Waals surface area (Å²) in [6.45, 7) is 2.04. The van der Waals surface area contributed by atoms with E-state index in [2.05, 4.69) is 5.32 Å². The van der Waals surface area contributed by atoms with Crippen LogP contribution in [0.2, 0.25) is 0 Å². The van der Waals surface area contributed by atoms with Gasteiger partial charge in [0.25, 0.3) is 0 Å². The minimum Gasteiger partial charge on any atom is -0.778 e. The monoisotopic (exact) mass is 152 g/mol. The Morgan fingerprint density at radius 1 is 1.40 bits per heavy atom. The highest BCUT2D eigenvalue weighted by Gasteiger charge is 1.86. The fourth-order valence-electron chi connectivity index (χ4n) is 0.836. The van der Waals surface area contributed by atoms with Gasteiger partial charge in [-0.25, -0.2) is 0 Å². The smallest absolute Gasteiger partial charge is 0.0143 e. The Labute approximate surface area is 66.9 Å². The van der Waals surface area contributed by atoms with Gasteiger partial charge in [-0.3, -0.25) is 0 Å². The van der Waals surface area contributed by atoms with Crippen molar-refractivity contribution in [2.75, 3.05) is 12.4 Å². The van der Waals surface area contributed by atoms with E-state index in [0.717, 1.165) is 10.6 Å². The molecule has 0 radical (unpaired) electrons. The molecule has 0 aliphatic heterocycles. The first-order valence-corrected chi connectivity index (χ1v) is 3.60. The van der Waals surface area contributed by atoms with Gasteiger partial charge in [0.1, 0.15) is 0 Å². The Morgan fingerprint density at radius 3 is 2.60 bits per heavy atom. The highest BCUT2D eigenvalue weighted by Crippen LogP contribution is 2.15. The predicted molar refractivity (Wildman–Crippen MR) is 46.4 cm³/mol. The third-order valence-corrected chi connectivity index (χ3v) is 1.74. The normalized spacial score (nSPS) is 9.40. The molecule has 54 valence electrons. The summed E-state index contributed by atoms with van der Waals surface area (Å²) in [5.41, 5.74) is 2.24. The lowest BCUT2D eigenvalue weighted by molar-refractivity contribution is 1.33. The van der Waals surface area contributed by atoms with Crippen LogP contribution in [-0.2, 0) is 12.6 Å². The van der Waals surface area contributed by atoms with Gasteiger partial charge < -0.3 is 17.9 Å². The van der Waals surface area contributed by atoms with Crippen LogP contribution in [0.5, 0.6) is 0 Å². The molecule has 0 aromatic heterocycles. The minimum absolute atomic E-state index is 0.891. The lowest BCUT2D eigenvalue weighted by Crippen LogP contribution is -1.90. The Morgan fingerprint density at radius 2 is 2.10 bits per heavy atom. The van der Waals surface area contributed by atoms with Gasteiger partial charge in [-0.2, -0.15) is 4.90 Å². The fraction of sp³-hybridized carbons (Fsp3) is 0.250. The minimum atomic E-state index is 0.891. The number of hydrogen-bond donors (Lipinski definition) is 1. The van der Waals surface area contributed by atoms with Crippen molar-refractivity contribution in [2.24, 2.45) is 0 Å². The van der Waals surface area contributed by atoms with Crippen LogP contribution in [0.25, 0.3) is 0 Å². The van der Waals surface area contributed by atoms with E-state index in [1.54, 1.807) is 0 Å². The molecule has 0 atom stereocenters. The maximum atomic E-state index is 5.08. The molecule has 10 heavy (non-hydrogen) atoms. The summed E-state index contributed by atoms with van der Waals surface area (Å²) < 4.78 is 0. The van der Waals surface area contributed by atoms with Gasteiger partial charge in [0.15, 0.2) is 0 Å². The van der Waals surface area contributed by atoms with E-state index in [9.17, 15) is 0 Å². The molecule has 1 N–H and O–H groups in total. The molecule has 0 amide bonds. The van der Waals surface area contributed by atoms with Gasteiger partial charge in [-0.15, -0.1) is 0 Å². The molecule has 0 saturated heterocycles. The molecule has 1 nitrogen and oxygen atoms in total. The van der Waals surface area contributed by atoms with Gasteiger partial charge in [0.2, 0.25) is 0 Å². The number of hydrogen-bond acceptors (Lipinski definition) is 2. The first-order valence-electron chi connectivity index (χ1n) is 3.19. The second kappa shape index (κ2) is 2.88. The fourth-order valence-corrected chi connectivity index (χ4v) is 1.19. The average molecular weight is 152 g/mol. The van der Waals surface area contributed by atoms with Crippen molar-refractivity contribution >= 4 is 18.3 Å². The molecule has 0 unspecified atom stereocenters. The van der Waals surface area contributed by atoms with E-state index in [1.807, 2.05) is 32.2 Å². The topological polar surface area (TPSA) is 12.0 Å². The number of aryl methyl sites for hydroxylation is 1. The molecule has 1 aromatic carbocycles. The number of nitrogens with one attached hydrogen (secondary N) is 1. The SMILES string of the molecule is CNc1ccc(C)cc1[S-]. The highest BCUT2D eigenvalue weighted by atomic mass is 32.1. The van der Waals surface area contributed by atoms with Crippen LogP contribution < -0.4 is 5.32 Å². The van der Waals surface area contributed by atoms with Crippen LogP contribution in [0.15, 0.2) is 23.1 Å². The van der Waals surface area contributed by atoms with E-state index in [-0.39, 0.29) is 0 Å². The average Bonchev–Trinajstić information content (AvgIpc) is 1.88. The van der Waals surface area contributed by atoms with Crippen molar-refractivity contribution in [1.82, 2.24) is 0 Å². The standard InChI is InChI=1S/C8H11NS/c1-6-3-4-7(9-2)8(10)5-6/h3-5,9-10H,1-2H3/p-1. The third kappa shape index (κ3) is 1.39. The molecular formula is C8H10NS-. The van der Waals surface area contributed by atoms with E-state index in [4.69, 9.17) is 12.6 Å². The molecule has 0 spiro atoms. The molecule has 1 aromatic rings. The summed E-state index contributed by atoms with van der Waals surface area (Å²) in [5.74, 6) is 0. The zero-order valence-corrected chi connectivity index (χ0v) is 6.96. The van der Waals surface area contributed by atoms with Crippen molar-refractivity contribution < 1.29 is 0 Å². The summed E-state index contributed by atoms with van der Waals surface area (Å²) >= 11 is 5.08. The highest BCUT2D eigenvalue weighted by molar-refractivity contribution is 7.59. The second-order valence-corrected chi connectivity index (χ2v) is 2.69. The van der Waals surface area contributed by atoms with E-state index < -0.39 is 0 Å². The van der Waals surface area contributed by atoms with Crippen molar-refractivity contribution in [1.29, 1.82) is 0 Å². The molecular weight excluding hydrogens is 142 g/mol. The van der Waals surface area contributed by atoms with Gasteiger partial charge in [0.05, 0.1) is 0 Å². The lowest BCUT2D eigenvalue weighted by Gasteiger charge is -2.13. The van der Waals surface area contributed by atoms with E-state index in [1.165, 1.54) is 5.56 Å². The first-order chi connectivity index (χ1) is 4.74. The third-order valence-electron chi connectivity index (χ3n) is 1.41. The molecule has 0 bridgehead atoms. The summed E-state index contributed by atoms with van der Waals surface area (Å²) in [6, 6.07) is 6.03. The predicted octanol–water partition coefficient (Wildman–Crippen LogP) is 1.94.